The van der Waals surface area contributed by atoms with Crippen LogP contribution in [0.5, 0.6) is 5.75 Å². The van der Waals surface area contributed by atoms with Gasteiger partial charge in [-0.1, -0.05) is 36.4 Å². The molecule has 0 radical (unpaired) electrons. The van der Waals surface area contributed by atoms with E-state index >= 15 is 0 Å². The number of ether oxygens (including phenoxy) is 1. The van der Waals surface area contributed by atoms with Crippen molar-refractivity contribution in [3.63, 3.8) is 0 Å². The van der Waals surface area contributed by atoms with E-state index in [-0.39, 0.29) is 12.6 Å². The van der Waals surface area contributed by atoms with Gasteiger partial charge in [0.1, 0.15) is 5.75 Å². The Morgan fingerprint density at radius 3 is 2.74 bits per heavy atom. The van der Waals surface area contributed by atoms with Crippen LogP contribution >= 0.6 is 0 Å². The highest BCUT2D eigenvalue weighted by Crippen LogP contribution is 2.33. The molecule has 2 rings (SSSR count). The molecule has 2 aromatic rings. The molecule has 2 aromatic carbocycles. The fourth-order valence-corrected chi connectivity index (χ4v) is 2.16. The van der Waals surface area contributed by atoms with Crippen LogP contribution in [0.3, 0.4) is 0 Å². The van der Waals surface area contributed by atoms with Crippen molar-refractivity contribution in [1.82, 2.24) is 5.32 Å². The molecule has 2 N–H and O–H groups in total. The summed E-state index contributed by atoms with van der Waals surface area (Å²) in [5.41, 5.74) is 1.15. The van der Waals surface area contributed by atoms with Crippen LogP contribution in [0.15, 0.2) is 36.4 Å². The molecule has 19 heavy (non-hydrogen) atoms. The number of nitrogens with one attached hydrogen (secondary N) is 1. The zero-order valence-corrected chi connectivity index (χ0v) is 11.5. The van der Waals surface area contributed by atoms with Gasteiger partial charge in [0.15, 0.2) is 0 Å². The molecular formula is C16H21NO2. The Bertz CT molecular complexity index is 539. The van der Waals surface area contributed by atoms with Gasteiger partial charge in [0.05, 0.1) is 6.61 Å². The van der Waals surface area contributed by atoms with Gasteiger partial charge in [0.25, 0.3) is 0 Å². The molecule has 1 atom stereocenters. The lowest BCUT2D eigenvalue weighted by Crippen LogP contribution is -2.14. The Hall–Kier alpha value is -1.58. The third-order valence-corrected chi connectivity index (χ3v) is 3.36. The second-order valence-corrected chi connectivity index (χ2v) is 4.64. The summed E-state index contributed by atoms with van der Waals surface area (Å²) in [6.07, 6.45) is 0.649. The minimum absolute atomic E-state index is 0.154. The van der Waals surface area contributed by atoms with Crippen LogP contribution in [-0.4, -0.2) is 25.4 Å². The van der Waals surface area contributed by atoms with E-state index in [0.29, 0.717) is 13.0 Å². The molecule has 0 aliphatic rings. The maximum Gasteiger partial charge on any atom is 0.131 e. The standard InChI is InChI=1S/C16H21NO2/c1-12(17-2)14-9-8-13-6-3-4-7-15(13)16(14)19-11-5-10-18/h3-4,6-9,12,17-18H,5,10-11H2,1-2H3. The van der Waals surface area contributed by atoms with Crippen molar-refractivity contribution in [2.45, 2.75) is 19.4 Å². The van der Waals surface area contributed by atoms with Gasteiger partial charge in [0, 0.05) is 30.0 Å². The number of hydrogen-bond donors (Lipinski definition) is 2. The van der Waals surface area contributed by atoms with Crippen molar-refractivity contribution in [3.05, 3.63) is 42.0 Å². The van der Waals surface area contributed by atoms with Crippen LogP contribution in [0.25, 0.3) is 10.8 Å². The summed E-state index contributed by atoms with van der Waals surface area (Å²) in [5.74, 6) is 0.924. The summed E-state index contributed by atoms with van der Waals surface area (Å²) in [5, 5.41) is 14.4. The summed E-state index contributed by atoms with van der Waals surface area (Å²) in [7, 11) is 1.94. The lowest BCUT2D eigenvalue weighted by atomic mass is 10.0. The third kappa shape index (κ3) is 3.06. The number of aliphatic hydroxyl groups is 1. The minimum atomic E-state index is 0.154. The number of benzene rings is 2. The Labute approximate surface area is 114 Å². The monoisotopic (exact) mass is 259 g/mol. The third-order valence-electron chi connectivity index (χ3n) is 3.36. The molecular weight excluding hydrogens is 238 g/mol. The first kappa shape index (κ1) is 13.8. The first-order valence-electron chi connectivity index (χ1n) is 6.70. The first-order chi connectivity index (χ1) is 9.27. The van der Waals surface area contributed by atoms with Crippen LogP contribution in [0.1, 0.15) is 24.9 Å². The molecule has 0 saturated carbocycles. The molecule has 0 saturated heterocycles. The van der Waals surface area contributed by atoms with Gasteiger partial charge in [-0.3, -0.25) is 0 Å². The second-order valence-electron chi connectivity index (χ2n) is 4.64. The molecule has 0 aliphatic heterocycles. The van der Waals surface area contributed by atoms with Gasteiger partial charge in [-0.05, 0) is 19.4 Å². The molecule has 0 amide bonds. The number of fused-ring (bicyclic) bond motifs is 1. The summed E-state index contributed by atoms with van der Waals surface area (Å²) in [6.45, 7) is 2.80. The predicted molar refractivity (Wildman–Crippen MR) is 78.6 cm³/mol. The summed E-state index contributed by atoms with van der Waals surface area (Å²) >= 11 is 0. The second kappa shape index (κ2) is 6.55. The molecule has 1 unspecified atom stereocenters. The molecule has 0 spiro atoms. The Morgan fingerprint density at radius 1 is 1.21 bits per heavy atom. The minimum Gasteiger partial charge on any atom is -0.493 e. The highest BCUT2D eigenvalue weighted by atomic mass is 16.5. The SMILES string of the molecule is CNC(C)c1ccc2ccccc2c1OCCCO. The van der Waals surface area contributed by atoms with Crippen LogP contribution in [0, 0.1) is 0 Å². The molecule has 102 valence electrons. The zero-order chi connectivity index (χ0) is 13.7. The maximum absolute atomic E-state index is 8.89. The van der Waals surface area contributed by atoms with E-state index < -0.39 is 0 Å². The lowest BCUT2D eigenvalue weighted by Gasteiger charge is -2.18. The van der Waals surface area contributed by atoms with Crippen molar-refractivity contribution in [3.8, 4) is 5.75 Å². The van der Waals surface area contributed by atoms with Crippen molar-refractivity contribution in [1.29, 1.82) is 0 Å². The Kier molecular flexibility index (Phi) is 4.77. The van der Waals surface area contributed by atoms with Crippen LogP contribution in [0.2, 0.25) is 0 Å². The maximum atomic E-state index is 8.89. The van der Waals surface area contributed by atoms with E-state index in [4.69, 9.17) is 9.84 Å². The van der Waals surface area contributed by atoms with Crippen molar-refractivity contribution in [2.75, 3.05) is 20.3 Å². The summed E-state index contributed by atoms with van der Waals surface area (Å²) < 4.78 is 5.91. The van der Waals surface area contributed by atoms with Crippen LogP contribution in [-0.2, 0) is 0 Å². The van der Waals surface area contributed by atoms with E-state index in [0.717, 1.165) is 16.7 Å². The van der Waals surface area contributed by atoms with E-state index in [9.17, 15) is 0 Å². The number of rotatable bonds is 6. The molecule has 0 fully saturated rings. The quantitative estimate of drug-likeness (QED) is 0.784. The average molecular weight is 259 g/mol. The zero-order valence-electron chi connectivity index (χ0n) is 11.5. The topological polar surface area (TPSA) is 41.5 Å². The van der Waals surface area contributed by atoms with E-state index in [2.05, 4.69) is 36.5 Å². The fraction of sp³-hybridized carbons (Fsp3) is 0.375. The predicted octanol–water partition coefficient (Wildman–Crippen LogP) is 2.88. The molecule has 3 nitrogen and oxygen atoms in total. The fourth-order valence-electron chi connectivity index (χ4n) is 2.16. The van der Waals surface area contributed by atoms with Gasteiger partial charge >= 0.3 is 0 Å². The number of hydrogen-bond acceptors (Lipinski definition) is 3. The van der Waals surface area contributed by atoms with Crippen molar-refractivity contribution < 1.29 is 9.84 Å². The van der Waals surface area contributed by atoms with E-state index in [1.807, 2.05) is 19.2 Å². The van der Waals surface area contributed by atoms with Gasteiger partial charge in [0.2, 0.25) is 0 Å². The Balaban J connectivity index is 2.45. The van der Waals surface area contributed by atoms with Crippen LogP contribution < -0.4 is 10.1 Å². The molecule has 0 heterocycles. The highest BCUT2D eigenvalue weighted by Gasteiger charge is 2.13. The lowest BCUT2D eigenvalue weighted by molar-refractivity contribution is 0.233. The normalized spacial score (nSPS) is 12.6. The summed E-state index contributed by atoms with van der Waals surface area (Å²) in [6, 6.07) is 12.7. The highest BCUT2D eigenvalue weighted by molar-refractivity contribution is 5.89. The average Bonchev–Trinajstić information content (AvgIpc) is 2.46. The largest absolute Gasteiger partial charge is 0.493 e. The van der Waals surface area contributed by atoms with Gasteiger partial charge in [-0.15, -0.1) is 0 Å². The van der Waals surface area contributed by atoms with Crippen molar-refractivity contribution >= 4 is 10.8 Å². The van der Waals surface area contributed by atoms with Gasteiger partial charge < -0.3 is 15.2 Å². The van der Waals surface area contributed by atoms with Crippen LogP contribution in [0.4, 0.5) is 0 Å². The Morgan fingerprint density at radius 2 is 2.00 bits per heavy atom. The van der Waals surface area contributed by atoms with E-state index in [1.165, 1.54) is 5.39 Å². The van der Waals surface area contributed by atoms with Gasteiger partial charge in [-0.25, -0.2) is 0 Å². The van der Waals surface area contributed by atoms with Crippen molar-refractivity contribution in [2.24, 2.45) is 0 Å². The number of aliphatic hydroxyl groups excluding tert-OH is 1. The molecule has 3 heteroatoms. The van der Waals surface area contributed by atoms with E-state index in [1.54, 1.807) is 0 Å². The molecule has 0 aliphatic carbocycles. The summed E-state index contributed by atoms with van der Waals surface area (Å²) in [4.78, 5) is 0. The van der Waals surface area contributed by atoms with Gasteiger partial charge in [-0.2, -0.15) is 0 Å². The molecule has 0 aromatic heterocycles. The first-order valence-corrected chi connectivity index (χ1v) is 6.70. The molecule has 0 bridgehead atoms. The smallest absolute Gasteiger partial charge is 0.131 e.